The maximum atomic E-state index is 10.6. The fourth-order valence-electron chi connectivity index (χ4n) is 0.393. The van der Waals surface area contributed by atoms with Gasteiger partial charge in [-0.2, -0.15) is 0 Å². The first-order valence-electron chi connectivity index (χ1n) is 3.31. The predicted molar refractivity (Wildman–Crippen MR) is 38.3 cm³/mol. The molecule has 0 aromatic heterocycles. The molecular weight excluding hydrogens is 296 g/mol. The van der Waals surface area contributed by atoms with Crippen molar-refractivity contribution >= 4 is 10.7 Å². The second-order valence-corrected chi connectivity index (χ2v) is 2.60. The summed E-state index contributed by atoms with van der Waals surface area (Å²) in [5.74, 6) is 0. The number of carbonyl (C=O) groups excluding carboxylic acids is 1. The molecule has 0 amide bonds. The van der Waals surface area contributed by atoms with Crippen LogP contribution in [0.1, 0.15) is 15.2 Å². The minimum atomic E-state index is -0.630. The Labute approximate surface area is 73.6 Å². The van der Waals surface area contributed by atoms with Crippen LogP contribution in [0.15, 0.2) is 17.2 Å². The van der Waals surface area contributed by atoms with E-state index in [0.717, 1.165) is 5.57 Å². The summed E-state index contributed by atoms with van der Waals surface area (Å²) in [4.78, 5) is 10.6. The van der Waals surface area contributed by atoms with Crippen molar-refractivity contribution in [2.24, 2.45) is 0 Å². The number of rotatable bonds is 3. The molecule has 0 aromatic carbocycles. The molecule has 0 aliphatic heterocycles. The molecule has 0 saturated heterocycles. The zero-order valence-electron chi connectivity index (χ0n) is 6.97. The molecule has 0 aliphatic carbocycles. The van der Waals surface area contributed by atoms with Crippen LogP contribution in [0.4, 0.5) is 0 Å². The first-order chi connectivity index (χ1) is 5.11. The SMILES string of the molecule is [3H]C(=O)/C([CH]=[W])=C/C(C)=[C-]C. The van der Waals surface area contributed by atoms with Crippen molar-refractivity contribution in [3.63, 3.8) is 0 Å². The third-order valence-electron chi connectivity index (χ3n) is 1.01. The molecule has 0 unspecified atom stereocenters. The average molecular weight is 307 g/mol. The van der Waals surface area contributed by atoms with Gasteiger partial charge in [-0.15, -0.1) is 0 Å². The molecule has 10 heavy (non-hydrogen) atoms. The molecule has 0 spiro atoms. The predicted octanol–water partition coefficient (Wildman–Crippen LogP) is 1.23. The summed E-state index contributed by atoms with van der Waals surface area (Å²) in [6.07, 6.45) is 3.92. The summed E-state index contributed by atoms with van der Waals surface area (Å²) >= 11 is 1.18. The first kappa shape index (κ1) is 7.81. The van der Waals surface area contributed by atoms with Gasteiger partial charge in [0.15, 0.2) is 0 Å². The topological polar surface area (TPSA) is 17.1 Å². The third-order valence-corrected chi connectivity index (χ3v) is 1.92. The molecule has 1 nitrogen and oxygen atoms in total. The van der Waals surface area contributed by atoms with E-state index in [0.29, 0.717) is 5.57 Å². The molecule has 0 heterocycles. The van der Waals surface area contributed by atoms with E-state index in [4.69, 9.17) is 1.37 Å². The van der Waals surface area contributed by atoms with Crippen LogP contribution in [0.5, 0.6) is 0 Å². The molecule has 0 N–H and O–H groups in total. The maximum absolute atomic E-state index is 10.6. The Hall–Kier alpha value is -0.292. The van der Waals surface area contributed by atoms with Crippen molar-refractivity contribution in [2.45, 2.75) is 13.8 Å². The van der Waals surface area contributed by atoms with E-state index in [2.05, 4.69) is 6.08 Å². The van der Waals surface area contributed by atoms with Crippen LogP contribution in [0.2, 0.25) is 0 Å². The molecule has 0 bridgehead atoms. The molecule has 0 aliphatic rings. The standard InChI is InChI=1S/C8H9O.W/c1-4-7(2)5-8(3)6-9;/h3,5-6H,1-2H3;/q-1;/b8-5+;/i6T;. The molecule has 54 valence electrons. The summed E-state index contributed by atoms with van der Waals surface area (Å²) in [5, 5.41) is 0. The number of carbonyl (C=O) groups is 1. The van der Waals surface area contributed by atoms with Gasteiger partial charge in [-0.25, -0.2) is 0 Å². The van der Waals surface area contributed by atoms with Gasteiger partial charge in [-0.1, -0.05) is 0 Å². The minimum absolute atomic E-state index is 0.451. The van der Waals surface area contributed by atoms with E-state index in [1.807, 2.05) is 6.92 Å². The van der Waals surface area contributed by atoms with E-state index >= 15 is 0 Å². The van der Waals surface area contributed by atoms with Gasteiger partial charge in [0.2, 0.25) is 0 Å². The van der Waals surface area contributed by atoms with Gasteiger partial charge in [-0.05, 0) is 0 Å². The Balaban J connectivity index is 4.62. The normalized spacial score (nSPS) is 14.4. The van der Waals surface area contributed by atoms with Crippen LogP contribution in [0.3, 0.4) is 0 Å². The fourth-order valence-corrected chi connectivity index (χ4v) is 0.810. The van der Waals surface area contributed by atoms with E-state index in [1.54, 1.807) is 17.4 Å². The van der Waals surface area contributed by atoms with E-state index < -0.39 is 6.26 Å². The average Bonchev–Trinajstić information content (AvgIpc) is 1.99. The molecule has 0 fully saturated rings. The zero-order valence-corrected chi connectivity index (χ0v) is 8.90. The van der Waals surface area contributed by atoms with Crippen molar-refractivity contribution < 1.29 is 25.5 Å². The van der Waals surface area contributed by atoms with Crippen LogP contribution in [-0.2, 0) is 24.1 Å². The van der Waals surface area contributed by atoms with Gasteiger partial charge in [0.25, 0.3) is 0 Å². The quantitative estimate of drug-likeness (QED) is 0.332. The Kier molecular flexibility index (Phi) is 4.29. The zero-order chi connectivity index (χ0) is 8.85. The number of allylic oxidation sites excluding steroid dienone is 4. The van der Waals surface area contributed by atoms with E-state index in [-0.39, 0.29) is 0 Å². The number of aldehydes is 1. The van der Waals surface area contributed by atoms with Gasteiger partial charge in [0.1, 0.15) is 0 Å². The number of hydrogen-bond donors (Lipinski definition) is 0. The van der Waals surface area contributed by atoms with Crippen LogP contribution in [-0.4, -0.2) is 10.7 Å². The summed E-state index contributed by atoms with van der Waals surface area (Å²) in [6, 6.07) is 0. The summed E-state index contributed by atoms with van der Waals surface area (Å²) in [7, 11) is 0. The molecular formula is C8H9OW-. The third kappa shape index (κ3) is 3.68. The molecule has 0 saturated carbocycles. The Bertz CT molecular complexity index is 228. The first-order valence-corrected chi connectivity index (χ1v) is 4.50. The van der Waals surface area contributed by atoms with Crippen LogP contribution in [0.25, 0.3) is 0 Å². The second-order valence-electron chi connectivity index (χ2n) is 1.75. The van der Waals surface area contributed by atoms with Crippen LogP contribution < -0.4 is 0 Å². The molecule has 2 heteroatoms. The van der Waals surface area contributed by atoms with Crippen molar-refractivity contribution in [3.05, 3.63) is 23.3 Å². The summed E-state index contributed by atoms with van der Waals surface area (Å²) < 4.78 is 8.54. The van der Waals surface area contributed by atoms with Crippen molar-refractivity contribution in [2.75, 3.05) is 0 Å². The van der Waals surface area contributed by atoms with Gasteiger partial charge in [0, 0.05) is 0 Å². The Morgan fingerprint density at radius 3 is 2.70 bits per heavy atom. The Morgan fingerprint density at radius 2 is 2.40 bits per heavy atom. The van der Waals surface area contributed by atoms with E-state index in [1.165, 1.54) is 19.4 Å². The Morgan fingerprint density at radius 1 is 1.80 bits per heavy atom. The van der Waals surface area contributed by atoms with Gasteiger partial charge in [-0.3, -0.25) is 0 Å². The van der Waals surface area contributed by atoms with Crippen LogP contribution in [0, 0.1) is 6.08 Å². The van der Waals surface area contributed by atoms with Crippen LogP contribution >= 0.6 is 0 Å². The van der Waals surface area contributed by atoms with Crippen molar-refractivity contribution in [1.82, 2.24) is 0 Å². The fraction of sp³-hybridized carbons (Fsp3) is 0.250. The summed E-state index contributed by atoms with van der Waals surface area (Å²) in [5.41, 5.74) is 1.34. The molecule has 0 radical (unpaired) electrons. The van der Waals surface area contributed by atoms with Gasteiger partial charge in [0.05, 0.1) is 0 Å². The van der Waals surface area contributed by atoms with Crippen molar-refractivity contribution in [3.8, 4) is 0 Å². The van der Waals surface area contributed by atoms with Gasteiger partial charge < -0.3 is 0 Å². The molecule has 0 rings (SSSR count). The van der Waals surface area contributed by atoms with E-state index in [9.17, 15) is 4.79 Å². The monoisotopic (exact) mass is 307 g/mol. The number of hydrogen-bond acceptors (Lipinski definition) is 1. The molecule has 0 aromatic rings. The van der Waals surface area contributed by atoms with Gasteiger partial charge >= 0.3 is 73.3 Å². The van der Waals surface area contributed by atoms with Crippen molar-refractivity contribution in [1.29, 1.82) is 0 Å². The summed E-state index contributed by atoms with van der Waals surface area (Å²) in [6.45, 7) is 3.63. The second kappa shape index (κ2) is 5.49. The molecule has 0 atom stereocenters.